The highest BCUT2D eigenvalue weighted by atomic mass is 35.5. The minimum absolute atomic E-state index is 0. The van der Waals surface area contributed by atoms with E-state index in [1.807, 2.05) is 28.8 Å². The van der Waals surface area contributed by atoms with Crippen LogP contribution in [0.1, 0.15) is 18.9 Å². The number of likely N-dealkylation sites (tertiary alicyclic amines) is 1. The fraction of sp³-hybridized carbons (Fsp3) is 0.611. The molecule has 1 atom stereocenters. The van der Waals surface area contributed by atoms with Gasteiger partial charge < -0.3 is 25.0 Å². The van der Waals surface area contributed by atoms with Crippen molar-refractivity contribution in [3.05, 3.63) is 34.7 Å². The molecule has 0 saturated carbocycles. The number of nitrogens with zero attached hydrogens (tertiary/aromatic N) is 2. The number of imidazole rings is 1. The number of hydrogen-bond donors (Lipinski definition) is 3. The van der Waals surface area contributed by atoms with Gasteiger partial charge in [-0.3, -0.25) is 4.57 Å². The van der Waals surface area contributed by atoms with Crippen molar-refractivity contribution in [3.8, 4) is 0 Å². The zero-order chi connectivity index (χ0) is 17.3. The first-order valence-electron chi connectivity index (χ1n) is 9.07. The Kier molecular flexibility index (Phi) is 7.73. The Morgan fingerprint density at radius 1 is 1.22 bits per heavy atom. The molecule has 1 aromatic carbocycles. The predicted octanol–water partition coefficient (Wildman–Crippen LogP) is 1.16. The summed E-state index contributed by atoms with van der Waals surface area (Å²) < 4.78 is 7.41. The number of fused-ring (bicyclic) bond motifs is 1. The van der Waals surface area contributed by atoms with E-state index in [1.54, 1.807) is 0 Å². The molecular formula is C18H28Cl2N4O3. The second-order valence-corrected chi connectivity index (χ2v) is 7.28. The number of aromatic nitrogens is 2. The van der Waals surface area contributed by atoms with Crippen LogP contribution in [0.5, 0.6) is 0 Å². The van der Waals surface area contributed by atoms with E-state index >= 15 is 0 Å². The third-order valence-corrected chi connectivity index (χ3v) is 5.31. The molecule has 3 heterocycles. The molecule has 0 radical (unpaired) electrons. The third-order valence-electron chi connectivity index (χ3n) is 5.31. The van der Waals surface area contributed by atoms with Gasteiger partial charge in [-0.1, -0.05) is 12.1 Å². The molecular weight excluding hydrogens is 391 g/mol. The van der Waals surface area contributed by atoms with E-state index in [4.69, 9.17) is 4.74 Å². The lowest BCUT2D eigenvalue weighted by atomic mass is 10.00. The molecule has 9 heteroatoms. The largest absolute Gasteiger partial charge is 0.385 e. The van der Waals surface area contributed by atoms with Gasteiger partial charge in [0.2, 0.25) is 0 Å². The molecule has 2 aliphatic rings. The van der Waals surface area contributed by atoms with Gasteiger partial charge in [-0.25, -0.2) is 4.79 Å². The highest BCUT2D eigenvalue weighted by molar-refractivity contribution is 5.85. The quantitative estimate of drug-likeness (QED) is 0.696. The number of H-pyrrole nitrogens is 1. The molecule has 7 nitrogen and oxygen atoms in total. The molecule has 0 aliphatic carbocycles. The van der Waals surface area contributed by atoms with Crippen LogP contribution < -0.4 is 11.0 Å². The van der Waals surface area contributed by atoms with Crippen LogP contribution in [0.2, 0.25) is 0 Å². The number of halogens is 2. The number of para-hydroxylation sites is 2. The summed E-state index contributed by atoms with van der Waals surface area (Å²) in [5, 5.41) is 14.0. The van der Waals surface area contributed by atoms with Crippen LogP contribution in [-0.4, -0.2) is 71.1 Å². The number of aromatic amines is 1. The monoisotopic (exact) mass is 418 g/mol. The molecule has 27 heavy (non-hydrogen) atoms. The molecule has 0 bridgehead atoms. The Labute approximate surface area is 170 Å². The standard InChI is InChI=1S/C18H26N4O3.2ClH/c23-17-20-15-3-1-2-4-16(15)22(17)14-5-8-21(9-6-14)12-18(24)11-19-7-10-25-13-18;;/h1-4,14,19,24H,5-13H2,(H,20,23);2*1H. The minimum atomic E-state index is -0.832. The maximum atomic E-state index is 12.4. The molecule has 152 valence electrons. The van der Waals surface area contributed by atoms with Gasteiger partial charge in [0.25, 0.3) is 0 Å². The highest BCUT2D eigenvalue weighted by Gasteiger charge is 2.33. The van der Waals surface area contributed by atoms with Gasteiger partial charge in [0.1, 0.15) is 5.60 Å². The van der Waals surface area contributed by atoms with Gasteiger partial charge in [0, 0.05) is 38.8 Å². The van der Waals surface area contributed by atoms with Crippen LogP contribution in [0, 0.1) is 0 Å². The average molecular weight is 419 g/mol. The van der Waals surface area contributed by atoms with Gasteiger partial charge in [0.05, 0.1) is 24.2 Å². The van der Waals surface area contributed by atoms with Crippen molar-refractivity contribution in [2.24, 2.45) is 0 Å². The van der Waals surface area contributed by atoms with Crippen molar-refractivity contribution in [2.75, 3.05) is 45.9 Å². The van der Waals surface area contributed by atoms with E-state index in [9.17, 15) is 9.90 Å². The maximum Gasteiger partial charge on any atom is 0.326 e. The number of nitrogens with one attached hydrogen (secondary N) is 2. The molecule has 2 aliphatic heterocycles. The van der Waals surface area contributed by atoms with Crippen LogP contribution in [0.15, 0.2) is 29.1 Å². The SMILES string of the molecule is Cl.Cl.O=c1[nH]c2ccccc2n1C1CCN(CC2(O)CNCCOC2)CC1. The van der Waals surface area contributed by atoms with Crippen LogP contribution in [-0.2, 0) is 4.74 Å². The Morgan fingerprint density at radius 2 is 1.96 bits per heavy atom. The lowest BCUT2D eigenvalue weighted by Gasteiger charge is -2.37. The maximum absolute atomic E-state index is 12.4. The zero-order valence-electron chi connectivity index (χ0n) is 15.2. The van der Waals surface area contributed by atoms with E-state index in [0.29, 0.717) is 26.3 Å². The van der Waals surface area contributed by atoms with Crippen LogP contribution in [0.25, 0.3) is 11.0 Å². The second kappa shape index (κ2) is 9.41. The first kappa shape index (κ1) is 22.2. The second-order valence-electron chi connectivity index (χ2n) is 7.28. The normalized spacial score (nSPS) is 24.8. The Hall–Kier alpha value is -1.09. The molecule has 3 N–H and O–H groups in total. The molecule has 2 aromatic rings. The fourth-order valence-electron chi connectivity index (χ4n) is 4.07. The van der Waals surface area contributed by atoms with E-state index in [1.165, 1.54) is 0 Å². The van der Waals surface area contributed by atoms with Crippen molar-refractivity contribution >= 4 is 35.8 Å². The van der Waals surface area contributed by atoms with E-state index in [0.717, 1.165) is 43.5 Å². The van der Waals surface area contributed by atoms with E-state index in [-0.39, 0.29) is 36.5 Å². The highest BCUT2D eigenvalue weighted by Crippen LogP contribution is 2.25. The number of hydrogen-bond acceptors (Lipinski definition) is 5. The first-order valence-corrected chi connectivity index (χ1v) is 9.07. The number of ether oxygens (including phenoxy) is 1. The van der Waals surface area contributed by atoms with Gasteiger partial charge >= 0.3 is 5.69 Å². The molecule has 4 rings (SSSR count). The Balaban J connectivity index is 0.00000131. The fourth-order valence-corrected chi connectivity index (χ4v) is 4.07. The third kappa shape index (κ3) is 4.85. The molecule has 2 saturated heterocycles. The van der Waals surface area contributed by atoms with Crippen LogP contribution in [0.4, 0.5) is 0 Å². The lowest BCUT2D eigenvalue weighted by Crippen LogP contribution is -2.53. The number of piperidine rings is 1. The summed E-state index contributed by atoms with van der Waals surface area (Å²) >= 11 is 0. The molecule has 1 aromatic heterocycles. The first-order chi connectivity index (χ1) is 12.1. The number of β-amino-alcohol motifs (C(OH)–C–C–N with tert-alkyl or cyclic N) is 1. The molecule has 0 spiro atoms. The molecule has 0 amide bonds. The number of rotatable bonds is 3. The average Bonchev–Trinajstić information content (AvgIpc) is 2.79. The summed E-state index contributed by atoms with van der Waals surface area (Å²) in [6.45, 7) is 4.73. The predicted molar refractivity (Wildman–Crippen MR) is 110 cm³/mol. The van der Waals surface area contributed by atoms with Crippen molar-refractivity contribution in [3.63, 3.8) is 0 Å². The van der Waals surface area contributed by atoms with Crippen molar-refractivity contribution in [1.29, 1.82) is 0 Å². The van der Waals surface area contributed by atoms with Gasteiger partial charge in [-0.2, -0.15) is 0 Å². The summed E-state index contributed by atoms with van der Waals surface area (Å²) in [5.74, 6) is 0. The van der Waals surface area contributed by atoms with Crippen LogP contribution >= 0.6 is 24.8 Å². The van der Waals surface area contributed by atoms with Gasteiger partial charge in [0.15, 0.2) is 0 Å². The van der Waals surface area contributed by atoms with E-state index < -0.39 is 5.60 Å². The number of benzene rings is 1. The molecule has 1 unspecified atom stereocenters. The Bertz CT molecular complexity index is 778. The van der Waals surface area contributed by atoms with Gasteiger partial charge in [-0.15, -0.1) is 24.8 Å². The summed E-state index contributed by atoms with van der Waals surface area (Å²) in [6, 6.07) is 8.05. The van der Waals surface area contributed by atoms with Gasteiger partial charge in [-0.05, 0) is 25.0 Å². The summed E-state index contributed by atoms with van der Waals surface area (Å²) in [6.07, 6.45) is 1.82. The lowest BCUT2D eigenvalue weighted by molar-refractivity contribution is -0.0530. The smallest absolute Gasteiger partial charge is 0.326 e. The zero-order valence-corrected chi connectivity index (χ0v) is 16.9. The van der Waals surface area contributed by atoms with Crippen molar-refractivity contribution < 1.29 is 9.84 Å². The number of aliphatic hydroxyl groups is 1. The summed E-state index contributed by atoms with van der Waals surface area (Å²) in [7, 11) is 0. The molecule has 2 fully saturated rings. The summed E-state index contributed by atoms with van der Waals surface area (Å²) in [5.41, 5.74) is 1.01. The summed E-state index contributed by atoms with van der Waals surface area (Å²) in [4.78, 5) is 17.6. The van der Waals surface area contributed by atoms with Crippen molar-refractivity contribution in [2.45, 2.75) is 24.5 Å². The van der Waals surface area contributed by atoms with E-state index in [2.05, 4.69) is 15.2 Å². The van der Waals surface area contributed by atoms with Crippen LogP contribution in [0.3, 0.4) is 0 Å². The van der Waals surface area contributed by atoms with Crippen molar-refractivity contribution in [1.82, 2.24) is 19.8 Å². The topological polar surface area (TPSA) is 82.5 Å². The Morgan fingerprint density at radius 3 is 2.74 bits per heavy atom. The minimum Gasteiger partial charge on any atom is -0.385 e.